The van der Waals surface area contributed by atoms with Gasteiger partial charge in [-0.1, -0.05) is 30.3 Å². The van der Waals surface area contributed by atoms with Gasteiger partial charge in [0.2, 0.25) is 34.8 Å². The predicted octanol–water partition coefficient (Wildman–Crippen LogP) is 3.99. The molecule has 0 heterocycles. The van der Waals surface area contributed by atoms with Gasteiger partial charge in [-0.25, -0.2) is 27.6 Å². The van der Waals surface area contributed by atoms with Gasteiger partial charge in [0.15, 0.2) is 0 Å². The number of hydrogen-bond acceptors (Lipinski definition) is 6. The van der Waals surface area contributed by atoms with Crippen molar-refractivity contribution in [3.63, 3.8) is 0 Å². The first kappa shape index (κ1) is 23.9. The van der Waals surface area contributed by atoms with E-state index >= 15 is 0 Å². The maximum Gasteiger partial charge on any atom is 0.413 e. The number of hydrogen-bond donors (Lipinski definition) is 2. The van der Waals surface area contributed by atoms with Crippen molar-refractivity contribution in [2.24, 2.45) is 0 Å². The number of rotatable bonds is 7. The number of benzene rings is 2. The number of ether oxygens (including phenoxy) is 2. The summed E-state index contributed by atoms with van der Waals surface area (Å²) in [5, 5.41) is 9.85. The van der Waals surface area contributed by atoms with Crippen LogP contribution in [0, 0.1) is 29.1 Å². The normalized spacial score (nSPS) is 11.5. The van der Waals surface area contributed by atoms with Crippen molar-refractivity contribution >= 4 is 29.1 Å². The SMILES string of the molecule is O=C(N[C@@H](CSC(=O)OCc1ccccc1)C(=O)O)Oc1c(F)c(F)c(F)c(F)c1F. The van der Waals surface area contributed by atoms with Gasteiger partial charge < -0.3 is 19.9 Å². The minimum Gasteiger partial charge on any atom is -0.480 e. The van der Waals surface area contributed by atoms with Crippen LogP contribution in [-0.2, 0) is 16.1 Å². The second-order valence-corrected chi connectivity index (χ2v) is 6.61. The molecule has 31 heavy (non-hydrogen) atoms. The Bertz CT molecular complexity index is 962. The predicted molar refractivity (Wildman–Crippen MR) is 95.9 cm³/mol. The van der Waals surface area contributed by atoms with E-state index in [1.807, 2.05) is 0 Å². The van der Waals surface area contributed by atoms with Crippen LogP contribution in [0.2, 0.25) is 0 Å². The lowest BCUT2D eigenvalue weighted by molar-refractivity contribution is -0.138. The Morgan fingerprint density at radius 3 is 2.03 bits per heavy atom. The van der Waals surface area contributed by atoms with Crippen molar-refractivity contribution in [2.75, 3.05) is 5.75 Å². The summed E-state index contributed by atoms with van der Waals surface area (Å²) in [5.41, 5.74) is 0.663. The van der Waals surface area contributed by atoms with Crippen LogP contribution < -0.4 is 10.1 Å². The van der Waals surface area contributed by atoms with Crippen molar-refractivity contribution in [3.8, 4) is 5.75 Å². The summed E-state index contributed by atoms with van der Waals surface area (Å²) in [6.07, 6.45) is -1.83. The van der Waals surface area contributed by atoms with E-state index < -0.39 is 64.0 Å². The van der Waals surface area contributed by atoms with E-state index in [0.717, 1.165) is 0 Å². The molecule has 0 fully saturated rings. The molecule has 0 bridgehead atoms. The second kappa shape index (κ2) is 10.6. The highest BCUT2D eigenvalue weighted by molar-refractivity contribution is 8.13. The van der Waals surface area contributed by atoms with Crippen molar-refractivity contribution in [1.82, 2.24) is 5.32 Å². The maximum atomic E-state index is 13.5. The van der Waals surface area contributed by atoms with Crippen LogP contribution in [0.3, 0.4) is 0 Å². The molecule has 0 aromatic heterocycles. The molecule has 0 unspecified atom stereocenters. The fourth-order valence-electron chi connectivity index (χ4n) is 2.02. The van der Waals surface area contributed by atoms with Gasteiger partial charge >= 0.3 is 17.4 Å². The summed E-state index contributed by atoms with van der Waals surface area (Å²) in [7, 11) is 0. The summed E-state index contributed by atoms with van der Waals surface area (Å²) in [6.45, 7) is -0.0971. The van der Waals surface area contributed by atoms with Crippen LogP contribution in [0.1, 0.15) is 5.56 Å². The largest absolute Gasteiger partial charge is 0.480 e. The Balaban J connectivity index is 1.95. The Morgan fingerprint density at radius 2 is 1.48 bits per heavy atom. The third kappa shape index (κ3) is 6.31. The zero-order valence-electron chi connectivity index (χ0n) is 15.2. The van der Waals surface area contributed by atoms with Gasteiger partial charge in [0.1, 0.15) is 12.6 Å². The summed E-state index contributed by atoms with van der Waals surface area (Å²) in [4.78, 5) is 34.6. The summed E-state index contributed by atoms with van der Waals surface area (Å²) < 4.78 is 75.3. The number of aliphatic carboxylic acids is 1. The average molecular weight is 465 g/mol. The van der Waals surface area contributed by atoms with E-state index in [4.69, 9.17) is 9.84 Å². The summed E-state index contributed by atoms with van der Waals surface area (Å²) in [5.74, 6) is -16.2. The first-order valence-corrected chi connectivity index (χ1v) is 9.16. The molecule has 0 aliphatic heterocycles. The van der Waals surface area contributed by atoms with E-state index in [1.165, 1.54) is 0 Å². The smallest absolute Gasteiger partial charge is 0.413 e. The Kier molecular flexibility index (Phi) is 8.19. The molecule has 0 aliphatic rings. The molecule has 0 radical (unpaired) electrons. The zero-order chi connectivity index (χ0) is 23.1. The van der Waals surface area contributed by atoms with Crippen molar-refractivity contribution in [2.45, 2.75) is 12.6 Å². The fraction of sp³-hybridized carbons (Fsp3) is 0.167. The van der Waals surface area contributed by atoms with E-state index in [-0.39, 0.29) is 6.61 Å². The quantitative estimate of drug-likeness (QED) is 0.276. The fourth-order valence-corrected chi connectivity index (χ4v) is 2.69. The molecule has 166 valence electrons. The molecule has 2 aromatic carbocycles. The first-order valence-electron chi connectivity index (χ1n) is 8.17. The molecule has 1 atom stereocenters. The molecule has 0 saturated carbocycles. The van der Waals surface area contributed by atoms with Gasteiger partial charge in [0.25, 0.3) is 0 Å². The van der Waals surface area contributed by atoms with E-state index in [1.54, 1.807) is 35.6 Å². The molecule has 1 amide bonds. The molecule has 13 heteroatoms. The number of amides is 1. The zero-order valence-corrected chi connectivity index (χ0v) is 16.0. The van der Waals surface area contributed by atoms with Gasteiger partial charge in [-0.15, -0.1) is 0 Å². The molecule has 2 N–H and O–H groups in total. The van der Waals surface area contributed by atoms with Gasteiger partial charge in [-0.3, -0.25) is 0 Å². The van der Waals surface area contributed by atoms with Crippen LogP contribution in [0.15, 0.2) is 30.3 Å². The van der Waals surface area contributed by atoms with E-state index in [2.05, 4.69) is 4.74 Å². The first-order chi connectivity index (χ1) is 14.6. The van der Waals surface area contributed by atoms with Crippen LogP contribution >= 0.6 is 11.8 Å². The number of carboxylic acid groups (broad SMARTS) is 1. The van der Waals surface area contributed by atoms with Crippen LogP contribution in [-0.4, -0.2) is 34.3 Å². The topological polar surface area (TPSA) is 102 Å². The Labute approximate surface area is 175 Å². The highest BCUT2D eigenvalue weighted by Crippen LogP contribution is 2.29. The molecular weight excluding hydrogens is 453 g/mol. The summed E-state index contributed by atoms with van der Waals surface area (Å²) in [6, 6.07) is 6.69. The maximum absolute atomic E-state index is 13.5. The van der Waals surface area contributed by atoms with Crippen molar-refractivity contribution < 1.29 is 50.9 Å². The van der Waals surface area contributed by atoms with Gasteiger partial charge in [0, 0.05) is 5.75 Å². The lowest BCUT2D eigenvalue weighted by Gasteiger charge is -2.14. The average Bonchev–Trinajstić information content (AvgIpc) is 2.75. The summed E-state index contributed by atoms with van der Waals surface area (Å²) >= 11 is 0.364. The molecule has 2 rings (SSSR count). The van der Waals surface area contributed by atoms with Crippen molar-refractivity contribution in [1.29, 1.82) is 0 Å². The van der Waals surface area contributed by atoms with Crippen LogP contribution in [0.5, 0.6) is 5.75 Å². The number of carbonyl (C=O) groups is 3. The highest BCUT2D eigenvalue weighted by Gasteiger charge is 2.30. The number of carboxylic acids is 1. The molecule has 2 aromatic rings. The van der Waals surface area contributed by atoms with Crippen molar-refractivity contribution in [3.05, 3.63) is 65.0 Å². The third-order valence-electron chi connectivity index (χ3n) is 3.52. The molecule has 0 aliphatic carbocycles. The minimum atomic E-state index is -2.46. The van der Waals surface area contributed by atoms with Gasteiger partial charge in [-0.2, -0.15) is 8.78 Å². The Morgan fingerprint density at radius 1 is 0.935 bits per heavy atom. The van der Waals surface area contributed by atoms with E-state index in [9.17, 15) is 36.3 Å². The molecular formula is C18H12F5NO6S. The molecule has 0 saturated heterocycles. The number of nitrogens with one attached hydrogen (secondary N) is 1. The third-order valence-corrected chi connectivity index (χ3v) is 4.38. The van der Waals surface area contributed by atoms with Crippen LogP contribution in [0.4, 0.5) is 31.5 Å². The second-order valence-electron chi connectivity index (χ2n) is 5.66. The monoisotopic (exact) mass is 465 g/mol. The number of halogens is 5. The van der Waals surface area contributed by atoms with Gasteiger partial charge in [-0.05, 0) is 17.3 Å². The number of carbonyl (C=O) groups excluding carboxylic acids is 2. The van der Waals surface area contributed by atoms with E-state index in [0.29, 0.717) is 17.3 Å². The lowest BCUT2D eigenvalue weighted by atomic mass is 10.2. The van der Waals surface area contributed by atoms with Crippen LogP contribution in [0.25, 0.3) is 0 Å². The van der Waals surface area contributed by atoms with Gasteiger partial charge in [0.05, 0.1) is 0 Å². The Hall–Kier alpha value is -3.35. The number of thioether (sulfide) groups is 1. The lowest BCUT2D eigenvalue weighted by Crippen LogP contribution is -2.44. The molecule has 0 spiro atoms. The standard InChI is InChI=1S/C18H12F5NO6S/c19-10-11(20)13(22)15(14(23)12(10)21)30-17(27)24-9(16(25)26)7-31-18(28)29-6-8-4-2-1-3-5-8/h1-5,9H,6-7H2,(H,24,27)(H,25,26)/t9-/m0/s1. The minimum absolute atomic E-state index is 0.0971. The highest BCUT2D eigenvalue weighted by atomic mass is 32.2. The molecule has 7 nitrogen and oxygen atoms in total.